The Balaban J connectivity index is 2.17. The van der Waals surface area contributed by atoms with Crippen LogP contribution in [0, 0.1) is 6.92 Å². The van der Waals surface area contributed by atoms with Crippen molar-refractivity contribution in [2.45, 2.75) is 25.9 Å². The zero-order chi connectivity index (χ0) is 22.9. The molecule has 1 unspecified atom stereocenters. The molecule has 0 bridgehead atoms. The maximum Gasteiger partial charge on any atom is 0.116 e. The van der Waals surface area contributed by atoms with E-state index >= 15 is 0 Å². The van der Waals surface area contributed by atoms with Crippen LogP contribution in [-0.2, 0) is 0 Å². The summed E-state index contributed by atoms with van der Waals surface area (Å²) in [6.45, 7) is 4.83. The van der Waals surface area contributed by atoms with E-state index in [0.29, 0.717) is 0 Å². The average molecular weight is 553 g/mol. The average Bonchev–Trinajstić information content (AvgIpc) is 2.79. The molecular formula is C28H33IN2Si. The fourth-order valence-corrected chi connectivity index (χ4v) is 10.5. The van der Waals surface area contributed by atoms with E-state index in [1.807, 2.05) is 7.05 Å². The topological polar surface area (TPSA) is 15.3 Å². The Morgan fingerprint density at radius 3 is 2.44 bits per heavy atom. The number of aryl methyl sites for hydroxylation is 1. The Labute approximate surface area is 207 Å². The quantitative estimate of drug-likeness (QED) is 0.286. The predicted octanol–water partition coefficient (Wildman–Crippen LogP) is 3.60. The van der Waals surface area contributed by atoms with Gasteiger partial charge in [0.15, 0.2) is 0 Å². The van der Waals surface area contributed by atoms with Crippen molar-refractivity contribution in [2.75, 3.05) is 30.5 Å². The van der Waals surface area contributed by atoms with Gasteiger partial charge in [-0.15, -0.1) is 0 Å². The van der Waals surface area contributed by atoms with Gasteiger partial charge in [0.05, 0.1) is 0 Å². The highest BCUT2D eigenvalue weighted by molar-refractivity contribution is 14.1. The molecule has 0 aliphatic carbocycles. The summed E-state index contributed by atoms with van der Waals surface area (Å²) in [5, 5.41) is 9.08. The number of hydrogen-bond donors (Lipinski definition) is 1. The first-order valence-corrected chi connectivity index (χ1v) is 15.6. The maximum atomic E-state index is 3.23. The molecule has 3 aromatic rings. The number of halogens is 1. The van der Waals surface area contributed by atoms with Gasteiger partial charge in [0.25, 0.3) is 0 Å². The Morgan fingerprint density at radius 1 is 0.969 bits per heavy atom. The van der Waals surface area contributed by atoms with Gasteiger partial charge in [-0.25, -0.2) is 0 Å². The van der Waals surface area contributed by atoms with Crippen molar-refractivity contribution in [3.63, 3.8) is 0 Å². The molecular weight excluding hydrogens is 519 g/mol. The SMILES string of the molecule is CNC=c1ccc2c(c1)[Si](C)(CCCI)c1cc(N(C)C)ccc1C=2c1ccccc1C. The number of nitrogens with one attached hydrogen (secondary N) is 1. The lowest BCUT2D eigenvalue weighted by atomic mass is 9.91. The molecule has 32 heavy (non-hydrogen) atoms. The van der Waals surface area contributed by atoms with E-state index in [1.165, 1.54) is 55.3 Å². The van der Waals surface area contributed by atoms with Crippen molar-refractivity contribution in [1.82, 2.24) is 5.32 Å². The number of anilines is 1. The highest BCUT2D eigenvalue weighted by atomic mass is 127. The lowest BCUT2D eigenvalue weighted by molar-refractivity contribution is 1.09. The summed E-state index contributed by atoms with van der Waals surface area (Å²) in [5.74, 6) is 0. The molecule has 3 aromatic carbocycles. The van der Waals surface area contributed by atoms with Crippen LogP contribution in [0.3, 0.4) is 0 Å². The summed E-state index contributed by atoms with van der Waals surface area (Å²) < 4.78 is 1.20. The highest BCUT2D eigenvalue weighted by Gasteiger charge is 2.39. The Hall–Kier alpha value is -2.05. The fourth-order valence-electron chi connectivity index (χ4n) is 5.10. The maximum absolute atomic E-state index is 3.23. The summed E-state index contributed by atoms with van der Waals surface area (Å²) in [7, 11) is 4.35. The third-order valence-electron chi connectivity index (χ3n) is 6.83. The van der Waals surface area contributed by atoms with Crippen LogP contribution < -0.4 is 31.0 Å². The van der Waals surface area contributed by atoms with Gasteiger partial charge in [-0.05, 0) is 79.0 Å². The number of fused-ring (bicyclic) bond motifs is 2. The molecule has 1 aliphatic rings. The number of hydrogen-bond acceptors (Lipinski definition) is 2. The van der Waals surface area contributed by atoms with E-state index in [9.17, 15) is 0 Å². The van der Waals surface area contributed by atoms with Gasteiger partial charge in [-0.2, -0.15) is 0 Å². The molecule has 4 heteroatoms. The van der Waals surface area contributed by atoms with Crippen LogP contribution in [0.4, 0.5) is 5.69 Å². The lowest BCUT2D eigenvalue weighted by Gasteiger charge is -2.37. The first-order valence-electron chi connectivity index (χ1n) is 11.4. The summed E-state index contributed by atoms with van der Waals surface area (Å²) in [5.41, 5.74) is 6.81. The van der Waals surface area contributed by atoms with Crippen LogP contribution in [0.1, 0.15) is 23.1 Å². The van der Waals surface area contributed by atoms with Gasteiger partial charge in [0.1, 0.15) is 8.07 Å². The van der Waals surface area contributed by atoms with Gasteiger partial charge in [-0.3, -0.25) is 0 Å². The normalized spacial score (nSPS) is 17.7. The number of benzene rings is 3. The number of nitrogens with zero attached hydrogens (tertiary/aromatic N) is 1. The van der Waals surface area contributed by atoms with Crippen LogP contribution in [0.2, 0.25) is 12.6 Å². The molecule has 0 spiro atoms. The largest absolute Gasteiger partial charge is 0.393 e. The second kappa shape index (κ2) is 9.44. The molecule has 1 aliphatic heterocycles. The smallest absolute Gasteiger partial charge is 0.116 e. The Kier molecular flexibility index (Phi) is 6.82. The molecule has 166 valence electrons. The minimum absolute atomic E-state index is 1.20. The second-order valence-electron chi connectivity index (χ2n) is 9.18. The standard InChI is InChI=1S/C28H33IN2Si/c1-20-9-6-7-10-23(20)28-24-13-11-21(19-30-2)17-26(24)32(5,16-8-15-29)27-18-22(31(3)4)12-14-25(27)28/h6-7,9-14,17-19,30H,8,15-16H2,1-5H3. The molecule has 0 amide bonds. The van der Waals surface area contributed by atoms with E-state index in [2.05, 4.69) is 127 Å². The molecule has 1 atom stereocenters. The van der Waals surface area contributed by atoms with Gasteiger partial charge >= 0.3 is 0 Å². The third-order valence-corrected chi connectivity index (χ3v) is 12.1. The van der Waals surface area contributed by atoms with Crippen molar-refractivity contribution >= 4 is 58.5 Å². The van der Waals surface area contributed by atoms with E-state index in [4.69, 9.17) is 0 Å². The van der Waals surface area contributed by atoms with Gasteiger partial charge < -0.3 is 10.2 Å². The summed E-state index contributed by atoms with van der Waals surface area (Å²) >= 11 is 2.54. The Bertz CT molecular complexity index is 1260. The van der Waals surface area contributed by atoms with Gasteiger partial charge in [0.2, 0.25) is 0 Å². The molecule has 0 saturated carbocycles. The van der Waals surface area contributed by atoms with Crippen molar-refractivity contribution < 1.29 is 0 Å². The van der Waals surface area contributed by atoms with E-state index in [-0.39, 0.29) is 0 Å². The van der Waals surface area contributed by atoms with Crippen LogP contribution in [0.5, 0.6) is 0 Å². The predicted molar refractivity (Wildman–Crippen MR) is 152 cm³/mol. The summed E-state index contributed by atoms with van der Waals surface area (Å²) in [4.78, 5) is 2.24. The van der Waals surface area contributed by atoms with Gasteiger partial charge in [0, 0.05) is 33.0 Å². The third kappa shape index (κ3) is 4.03. The summed E-state index contributed by atoms with van der Waals surface area (Å²) in [6.07, 6.45) is 3.38. The fraction of sp³-hybridized carbons (Fsp3) is 0.286. The molecule has 1 N–H and O–H groups in total. The van der Waals surface area contributed by atoms with Crippen LogP contribution >= 0.6 is 22.6 Å². The molecule has 4 rings (SSSR count). The minimum Gasteiger partial charge on any atom is -0.393 e. The van der Waals surface area contributed by atoms with Crippen LogP contribution in [0.25, 0.3) is 11.8 Å². The van der Waals surface area contributed by atoms with E-state index < -0.39 is 8.07 Å². The first-order chi connectivity index (χ1) is 15.4. The van der Waals surface area contributed by atoms with Crippen molar-refractivity contribution in [3.05, 3.63) is 87.8 Å². The summed E-state index contributed by atoms with van der Waals surface area (Å²) in [6, 6.07) is 24.4. The number of alkyl halides is 1. The van der Waals surface area contributed by atoms with E-state index in [1.54, 1.807) is 10.4 Å². The zero-order valence-electron chi connectivity index (χ0n) is 19.8. The molecule has 1 heterocycles. The van der Waals surface area contributed by atoms with Crippen LogP contribution in [-0.4, -0.2) is 33.6 Å². The van der Waals surface area contributed by atoms with Crippen LogP contribution in [0.15, 0.2) is 60.7 Å². The molecule has 0 radical (unpaired) electrons. The zero-order valence-corrected chi connectivity index (χ0v) is 23.0. The minimum atomic E-state index is -1.93. The second-order valence-corrected chi connectivity index (χ2v) is 14.5. The lowest BCUT2D eigenvalue weighted by Crippen LogP contribution is -2.65. The van der Waals surface area contributed by atoms with Crippen molar-refractivity contribution in [3.8, 4) is 0 Å². The van der Waals surface area contributed by atoms with Crippen molar-refractivity contribution in [2.24, 2.45) is 0 Å². The monoisotopic (exact) mass is 552 g/mol. The number of rotatable bonds is 6. The van der Waals surface area contributed by atoms with Gasteiger partial charge in [-0.1, -0.05) is 77.7 Å². The van der Waals surface area contributed by atoms with E-state index in [0.717, 1.165) is 0 Å². The molecule has 0 aromatic heterocycles. The first kappa shape index (κ1) is 23.1. The molecule has 0 fully saturated rings. The Morgan fingerprint density at radius 2 is 1.75 bits per heavy atom. The molecule has 2 nitrogen and oxygen atoms in total. The highest BCUT2D eigenvalue weighted by Crippen LogP contribution is 2.30. The van der Waals surface area contributed by atoms with Crippen molar-refractivity contribution in [1.29, 1.82) is 0 Å². The molecule has 0 saturated heterocycles.